The molecule has 1 atom stereocenters. The summed E-state index contributed by atoms with van der Waals surface area (Å²) in [6.45, 7) is 1.28. The van der Waals surface area contributed by atoms with E-state index in [1.165, 1.54) is 21.2 Å². The number of halogens is 1. The van der Waals surface area contributed by atoms with Gasteiger partial charge in [0.1, 0.15) is 4.83 Å². The molecule has 0 spiro atoms. The summed E-state index contributed by atoms with van der Waals surface area (Å²) in [7, 11) is 0. The normalized spacial score (nSPS) is 15.6. The van der Waals surface area contributed by atoms with Crippen molar-refractivity contribution in [1.29, 1.82) is 0 Å². The van der Waals surface area contributed by atoms with Gasteiger partial charge in [-0.15, -0.1) is 11.3 Å². The minimum atomic E-state index is 0.0677. The average Bonchev–Trinajstić information content (AvgIpc) is 3.24. The van der Waals surface area contributed by atoms with Crippen LogP contribution in [0.25, 0.3) is 21.0 Å². The van der Waals surface area contributed by atoms with Crippen molar-refractivity contribution in [3.8, 4) is 0 Å². The van der Waals surface area contributed by atoms with Gasteiger partial charge in [0.15, 0.2) is 0 Å². The number of aromatic nitrogens is 2. The fourth-order valence-corrected chi connectivity index (χ4v) is 6.38. The van der Waals surface area contributed by atoms with Crippen LogP contribution in [0.5, 0.6) is 0 Å². The number of rotatable bonds is 5. The van der Waals surface area contributed by atoms with Gasteiger partial charge in [0, 0.05) is 22.5 Å². The zero-order valence-corrected chi connectivity index (χ0v) is 20.2. The molecular weight excluding hydrogens is 462 g/mol. The predicted octanol–water partition coefficient (Wildman–Crippen LogP) is 5.96. The summed E-state index contributed by atoms with van der Waals surface area (Å²) < 4.78 is 1.75. The van der Waals surface area contributed by atoms with Crippen LogP contribution < -0.4 is 10.9 Å². The van der Waals surface area contributed by atoms with Crippen LogP contribution in [-0.2, 0) is 25.9 Å². The Kier molecular flexibility index (Phi) is 5.69. The fraction of sp³-hybridized carbons (Fsp3) is 0.214. The van der Waals surface area contributed by atoms with Gasteiger partial charge in [-0.3, -0.25) is 9.36 Å². The van der Waals surface area contributed by atoms with E-state index in [2.05, 4.69) is 46.7 Å². The second kappa shape index (κ2) is 8.99. The van der Waals surface area contributed by atoms with Gasteiger partial charge < -0.3 is 5.32 Å². The molecule has 0 amide bonds. The molecule has 2 aromatic heterocycles. The van der Waals surface area contributed by atoms with E-state index in [1.54, 1.807) is 22.2 Å². The van der Waals surface area contributed by atoms with E-state index in [4.69, 9.17) is 11.6 Å². The van der Waals surface area contributed by atoms with Crippen molar-refractivity contribution in [2.75, 3.05) is 0 Å². The smallest absolute Gasteiger partial charge is 0.262 e. The first-order valence-electron chi connectivity index (χ1n) is 11.6. The molecule has 4 nitrogen and oxygen atoms in total. The average molecular weight is 486 g/mol. The summed E-state index contributed by atoms with van der Waals surface area (Å²) >= 11 is 7.98. The van der Waals surface area contributed by atoms with Crippen molar-refractivity contribution in [2.24, 2.45) is 0 Å². The van der Waals surface area contributed by atoms with Crippen molar-refractivity contribution in [3.05, 3.63) is 110 Å². The highest BCUT2D eigenvalue weighted by molar-refractivity contribution is 7.18. The molecule has 6 heteroatoms. The number of thiophene rings is 1. The summed E-state index contributed by atoms with van der Waals surface area (Å²) in [6.07, 6.45) is 4.52. The maximum absolute atomic E-state index is 13.5. The first kappa shape index (κ1) is 21.5. The molecule has 0 radical (unpaired) electrons. The minimum absolute atomic E-state index is 0.0677. The van der Waals surface area contributed by atoms with Crippen molar-refractivity contribution >= 4 is 43.9 Å². The molecule has 0 saturated heterocycles. The Morgan fingerprint density at radius 1 is 1.06 bits per heavy atom. The largest absolute Gasteiger partial charge is 0.309 e. The molecule has 0 bridgehead atoms. The van der Waals surface area contributed by atoms with Crippen LogP contribution >= 0.6 is 22.9 Å². The van der Waals surface area contributed by atoms with Gasteiger partial charge in [-0.05, 0) is 58.9 Å². The highest BCUT2D eigenvalue weighted by Crippen LogP contribution is 2.34. The van der Waals surface area contributed by atoms with Gasteiger partial charge in [-0.2, -0.15) is 0 Å². The van der Waals surface area contributed by atoms with Crippen molar-refractivity contribution in [3.63, 3.8) is 0 Å². The Morgan fingerprint density at radius 3 is 2.76 bits per heavy atom. The standard InChI is InChI=1S/C28H24ClN3OS/c29-24-8-4-3-7-21(24)15-30-22-11-12-23-25(14-22)34-27-26(23)28(33)32(17-31-27)16-18-9-10-19-5-1-2-6-20(19)13-18/h1-10,13,17,22,30H,11-12,14-16H2. The topological polar surface area (TPSA) is 46.9 Å². The summed E-state index contributed by atoms with van der Waals surface area (Å²) in [5, 5.41) is 7.66. The second-order valence-corrected chi connectivity index (χ2v) is 10.4. The van der Waals surface area contributed by atoms with Gasteiger partial charge in [-0.1, -0.05) is 66.2 Å². The molecule has 1 aliphatic rings. The van der Waals surface area contributed by atoms with Crippen LogP contribution in [-0.4, -0.2) is 15.6 Å². The van der Waals surface area contributed by atoms with E-state index in [9.17, 15) is 4.79 Å². The molecule has 5 aromatic rings. The third-order valence-electron chi connectivity index (χ3n) is 6.74. The van der Waals surface area contributed by atoms with Crippen molar-refractivity contribution in [2.45, 2.75) is 38.4 Å². The van der Waals surface area contributed by atoms with Crippen LogP contribution in [0.15, 0.2) is 77.9 Å². The lowest BCUT2D eigenvalue weighted by Gasteiger charge is -2.23. The molecule has 170 valence electrons. The lowest BCUT2D eigenvalue weighted by Crippen LogP contribution is -2.34. The van der Waals surface area contributed by atoms with Gasteiger partial charge >= 0.3 is 0 Å². The Hall–Kier alpha value is -2.99. The molecule has 1 unspecified atom stereocenters. The maximum Gasteiger partial charge on any atom is 0.262 e. The van der Waals surface area contributed by atoms with Gasteiger partial charge in [0.2, 0.25) is 0 Å². The molecule has 6 rings (SSSR count). The number of aryl methyl sites for hydroxylation is 1. The lowest BCUT2D eigenvalue weighted by molar-refractivity contribution is 0.463. The highest BCUT2D eigenvalue weighted by Gasteiger charge is 2.25. The van der Waals surface area contributed by atoms with E-state index in [1.807, 2.05) is 30.3 Å². The van der Waals surface area contributed by atoms with Crippen LogP contribution in [0.1, 0.15) is 28.0 Å². The van der Waals surface area contributed by atoms with Crippen LogP contribution in [0.2, 0.25) is 5.02 Å². The van der Waals surface area contributed by atoms with Gasteiger partial charge in [0.25, 0.3) is 5.56 Å². The second-order valence-electron chi connectivity index (χ2n) is 8.96. The third kappa shape index (κ3) is 4.05. The monoisotopic (exact) mass is 485 g/mol. The number of nitrogens with one attached hydrogen (secondary N) is 1. The SMILES string of the molecule is O=c1c2c3c(sc2ncn1Cc1ccc2ccccc2c1)CC(NCc1ccccc1Cl)CC3. The summed E-state index contributed by atoms with van der Waals surface area (Å²) in [4.78, 5) is 20.3. The molecule has 3 aromatic carbocycles. The van der Waals surface area contributed by atoms with Crippen molar-refractivity contribution < 1.29 is 0 Å². The first-order chi connectivity index (χ1) is 16.7. The van der Waals surface area contributed by atoms with Crippen LogP contribution in [0.3, 0.4) is 0 Å². The molecule has 1 aliphatic carbocycles. The number of nitrogens with zero attached hydrogens (tertiary/aromatic N) is 2. The quantitative estimate of drug-likeness (QED) is 0.334. The Labute approximate surface area is 206 Å². The van der Waals surface area contributed by atoms with E-state index >= 15 is 0 Å². The molecule has 0 aliphatic heterocycles. The number of hydrogen-bond acceptors (Lipinski definition) is 4. The Bertz CT molecular complexity index is 1570. The summed E-state index contributed by atoms with van der Waals surface area (Å²) in [6, 6.07) is 23.0. The maximum atomic E-state index is 13.5. The number of fused-ring (bicyclic) bond motifs is 4. The predicted molar refractivity (Wildman–Crippen MR) is 141 cm³/mol. The molecule has 0 saturated carbocycles. The minimum Gasteiger partial charge on any atom is -0.309 e. The van der Waals surface area contributed by atoms with Gasteiger partial charge in [0.05, 0.1) is 18.3 Å². The van der Waals surface area contributed by atoms with Crippen molar-refractivity contribution in [1.82, 2.24) is 14.9 Å². The zero-order chi connectivity index (χ0) is 23.1. The Morgan fingerprint density at radius 2 is 1.88 bits per heavy atom. The first-order valence-corrected chi connectivity index (χ1v) is 12.8. The highest BCUT2D eigenvalue weighted by atomic mass is 35.5. The van der Waals surface area contributed by atoms with E-state index in [-0.39, 0.29) is 5.56 Å². The number of benzene rings is 3. The van der Waals surface area contributed by atoms with Crippen LogP contribution in [0, 0.1) is 0 Å². The zero-order valence-electron chi connectivity index (χ0n) is 18.6. The molecular formula is C28H24ClN3OS. The molecule has 34 heavy (non-hydrogen) atoms. The molecule has 2 heterocycles. The van der Waals surface area contributed by atoms with E-state index < -0.39 is 0 Å². The molecule has 0 fully saturated rings. The van der Waals surface area contributed by atoms with Gasteiger partial charge in [-0.25, -0.2) is 4.98 Å². The third-order valence-corrected chi connectivity index (χ3v) is 8.27. The lowest BCUT2D eigenvalue weighted by atomic mass is 9.93. The summed E-state index contributed by atoms with van der Waals surface area (Å²) in [5.41, 5.74) is 3.48. The number of hydrogen-bond donors (Lipinski definition) is 1. The molecule has 1 N–H and O–H groups in total. The van der Waals surface area contributed by atoms with E-state index in [0.717, 1.165) is 52.2 Å². The fourth-order valence-electron chi connectivity index (χ4n) is 4.92. The Balaban J connectivity index is 1.24. The van der Waals surface area contributed by atoms with Crippen LogP contribution in [0.4, 0.5) is 0 Å². The van der Waals surface area contributed by atoms with E-state index in [0.29, 0.717) is 12.6 Å². The summed E-state index contributed by atoms with van der Waals surface area (Å²) in [5.74, 6) is 0.